The van der Waals surface area contributed by atoms with E-state index < -0.39 is 11.8 Å². The lowest BCUT2D eigenvalue weighted by atomic mass is 10.1. The highest BCUT2D eigenvalue weighted by Crippen LogP contribution is 2.23. The molecule has 0 aliphatic carbocycles. The fraction of sp³-hybridized carbons (Fsp3) is 0.0909. The molecule has 0 saturated carbocycles. The second-order valence-electron chi connectivity index (χ2n) is 3.82. The van der Waals surface area contributed by atoms with Crippen LogP contribution in [0.2, 0.25) is 0 Å². The molecule has 3 rings (SSSR count). The highest BCUT2D eigenvalue weighted by molar-refractivity contribution is 6.23. The summed E-state index contributed by atoms with van der Waals surface area (Å²) in [7, 11) is 0. The van der Waals surface area contributed by atoms with Crippen LogP contribution in [0, 0.1) is 0 Å². The number of benzene rings is 1. The van der Waals surface area contributed by atoms with Gasteiger partial charge in [-0.2, -0.15) is 5.10 Å². The summed E-state index contributed by atoms with van der Waals surface area (Å²) in [6, 6.07) is 3.08. The van der Waals surface area contributed by atoms with Crippen molar-refractivity contribution in [1.29, 1.82) is 0 Å². The monoisotopic (exact) mass is 229 g/mol. The van der Waals surface area contributed by atoms with E-state index in [1.54, 1.807) is 6.07 Å². The molecule has 1 aliphatic heterocycles. The summed E-state index contributed by atoms with van der Waals surface area (Å²) in [5, 5.41) is 6.77. The fourth-order valence-electron chi connectivity index (χ4n) is 1.94. The van der Waals surface area contributed by atoms with Crippen molar-refractivity contribution >= 4 is 28.6 Å². The van der Waals surface area contributed by atoms with E-state index in [4.69, 9.17) is 0 Å². The van der Waals surface area contributed by atoms with Crippen molar-refractivity contribution < 1.29 is 14.4 Å². The minimum atomic E-state index is -0.441. The van der Waals surface area contributed by atoms with E-state index in [0.29, 0.717) is 16.5 Å². The van der Waals surface area contributed by atoms with Gasteiger partial charge in [-0.1, -0.05) is 0 Å². The van der Waals surface area contributed by atoms with E-state index in [9.17, 15) is 14.4 Å². The minimum absolute atomic E-state index is 0.246. The molecule has 0 radical (unpaired) electrons. The molecule has 1 N–H and O–H groups in total. The van der Waals surface area contributed by atoms with Gasteiger partial charge in [0.05, 0.1) is 22.8 Å². The van der Waals surface area contributed by atoms with Gasteiger partial charge in [-0.25, -0.2) is 4.68 Å². The summed E-state index contributed by atoms with van der Waals surface area (Å²) >= 11 is 0. The molecule has 0 bridgehead atoms. The van der Waals surface area contributed by atoms with Crippen molar-refractivity contribution in [1.82, 2.24) is 15.1 Å². The molecule has 84 valence electrons. The van der Waals surface area contributed by atoms with Gasteiger partial charge in [-0.3, -0.25) is 19.7 Å². The first kappa shape index (κ1) is 9.71. The summed E-state index contributed by atoms with van der Waals surface area (Å²) in [5.41, 5.74) is 1.14. The number of carbonyl (C=O) groups is 3. The fourth-order valence-corrected chi connectivity index (χ4v) is 1.94. The van der Waals surface area contributed by atoms with Crippen LogP contribution in [0.5, 0.6) is 0 Å². The van der Waals surface area contributed by atoms with Crippen molar-refractivity contribution in [3.05, 3.63) is 29.5 Å². The number of rotatable bonds is 0. The first-order valence-corrected chi connectivity index (χ1v) is 4.96. The molecule has 17 heavy (non-hydrogen) atoms. The van der Waals surface area contributed by atoms with Crippen LogP contribution >= 0.6 is 0 Å². The van der Waals surface area contributed by atoms with Gasteiger partial charge in [0.15, 0.2) is 0 Å². The van der Waals surface area contributed by atoms with E-state index in [2.05, 4.69) is 10.4 Å². The standard InChI is InChI=1S/C11H7N3O3/c1-5(15)14-9-3-8-7(2-6(9)4-12-14)10(16)13-11(8)17/h2-4H,1H3,(H,13,16,17). The molecule has 6 nitrogen and oxygen atoms in total. The topological polar surface area (TPSA) is 81.1 Å². The Kier molecular flexibility index (Phi) is 1.72. The zero-order chi connectivity index (χ0) is 12.2. The van der Waals surface area contributed by atoms with Gasteiger partial charge in [-0.15, -0.1) is 0 Å². The molecule has 1 aromatic carbocycles. The van der Waals surface area contributed by atoms with Gasteiger partial charge in [0.25, 0.3) is 11.8 Å². The van der Waals surface area contributed by atoms with Crippen LogP contribution in [0.3, 0.4) is 0 Å². The van der Waals surface area contributed by atoms with E-state index in [1.165, 1.54) is 23.9 Å². The van der Waals surface area contributed by atoms with E-state index in [1.807, 2.05) is 0 Å². The van der Waals surface area contributed by atoms with Crippen molar-refractivity contribution in [2.45, 2.75) is 6.92 Å². The summed E-state index contributed by atoms with van der Waals surface area (Å²) in [5.74, 6) is -1.10. The third kappa shape index (κ3) is 1.20. The number of fused-ring (bicyclic) bond motifs is 2. The number of nitrogens with one attached hydrogen (secondary N) is 1. The number of amides is 2. The maximum Gasteiger partial charge on any atom is 0.259 e. The maximum absolute atomic E-state index is 11.5. The smallest absolute Gasteiger partial charge is 0.259 e. The Morgan fingerprint density at radius 3 is 2.53 bits per heavy atom. The lowest BCUT2D eigenvalue weighted by Gasteiger charge is -1.98. The van der Waals surface area contributed by atoms with E-state index in [0.717, 1.165) is 0 Å². The number of hydrogen-bond acceptors (Lipinski definition) is 4. The molecule has 6 heteroatoms. The molecule has 1 aromatic heterocycles. The Morgan fingerprint density at radius 2 is 1.88 bits per heavy atom. The molecule has 0 saturated heterocycles. The lowest BCUT2D eigenvalue weighted by molar-refractivity contribution is 0.0876. The zero-order valence-corrected chi connectivity index (χ0v) is 8.85. The van der Waals surface area contributed by atoms with E-state index in [-0.39, 0.29) is 11.5 Å². The molecule has 2 amide bonds. The Balaban J connectivity index is 2.37. The largest absolute Gasteiger partial charge is 0.288 e. The van der Waals surface area contributed by atoms with Gasteiger partial charge < -0.3 is 0 Å². The van der Waals surface area contributed by atoms with Crippen LogP contribution in [0.1, 0.15) is 32.4 Å². The van der Waals surface area contributed by atoms with Crippen molar-refractivity contribution in [3.8, 4) is 0 Å². The molecule has 2 aromatic rings. The highest BCUT2D eigenvalue weighted by Gasteiger charge is 2.28. The van der Waals surface area contributed by atoms with Crippen LogP contribution in [0.25, 0.3) is 10.9 Å². The molecular formula is C11H7N3O3. The molecule has 0 atom stereocenters. The number of imide groups is 1. The average Bonchev–Trinajstić information content (AvgIpc) is 2.79. The van der Waals surface area contributed by atoms with Crippen LogP contribution < -0.4 is 5.32 Å². The van der Waals surface area contributed by atoms with Crippen molar-refractivity contribution in [2.75, 3.05) is 0 Å². The van der Waals surface area contributed by atoms with Gasteiger partial charge in [0.1, 0.15) is 0 Å². The van der Waals surface area contributed by atoms with Gasteiger partial charge in [0, 0.05) is 12.3 Å². The molecule has 2 heterocycles. The molecule has 0 unspecified atom stereocenters. The predicted molar refractivity (Wildman–Crippen MR) is 57.8 cm³/mol. The predicted octanol–water partition coefficient (Wildman–Crippen LogP) is 0.580. The normalized spacial score (nSPS) is 13.9. The summed E-state index contributed by atoms with van der Waals surface area (Å²) < 4.78 is 1.20. The molecule has 0 fully saturated rings. The second kappa shape index (κ2) is 3.00. The Morgan fingerprint density at radius 1 is 1.24 bits per heavy atom. The van der Waals surface area contributed by atoms with Gasteiger partial charge in [-0.05, 0) is 12.1 Å². The quantitative estimate of drug-likeness (QED) is 0.670. The second-order valence-corrected chi connectivity index (χ2v) is 3.82. The summed E-state index contributed by atoms with van der Waals surface area (Å²) in [6.45, 7) is 1.38. The average molecular weight is 229 g/mol. The Bertz CT molecular complexity index is 699. The number of aromatic nitrogens is 2. The van der Waals surface area contributed by atoms with Crippen molar-refractivity contribution in [3.63, 3.8) is 0 Å². The zero-order valence-electron chi connectivity index (χ0n) is 8.85. The Hall–Kier alpha value is -2.50. The summed E-state index contributed by atoms with van der Waals surface area (Å²) in [6.07, 6.45) is 1.49. The third-order valence-electron chi connectivity index (χ3n) is 2.72. The van der Waals surface area contributed by atoms with Gasteiger partial charge in [0.2, 0.25) is 5.91 Å². The number of hydrogen-bond donors (Lipinski definition) is 1. The Labute approximate surface area is 95.2 Å². The molecule has 0 spiro atoms. The first-order valence-electron chi connectivity index (χ1n) is 4.96. The van der Waals surface area contributed by atoms with Gasteiger partial charge >= 0.3 is 0 Å². The third-order valence-corrected chi connectivity index (χ3v) is 2.72. The number of carbonyl (C=O) groups excluding carboxylic acids is 3. The van der Waals surface area contributed by atoms with Crippen LogP contribution in [-0.4, -0.2) is 27.5 Å². The van der Waals surface area contributed by atoms with Crippen LogP contribution in [-0.2, 0) is 0 Å². The van der Waals surface area contributed by atoms with Crippen molar-refractivity contribution in [2.24, 2.45) is 0 Å². The number of nitrogens with zero attached hydrogens (tertiary/aromatic N) is 2. The lowest BCUT2D eigenvalue weighted by Crippen LogP contribution is -2.19. The highest BCUT2D eigenvalue weighted by atomic mass is 16.2. The first-order chi connectivity index (χ1) is 8.08. The minimum Gasteiger partial charge on any atom is -0.288 e. The van der Waals surface area contributed by atoms with Crippen LogP contribution in [0.4, 0.5) is 0 Å². The molecular weight excluding hydrogens is 222 g/mol. The SMILES string of the molecule is CC(=O)n1ncc2cc3c(cc21)C(=O)NC3=O. The van der Waals surface area contributed by atoms with E-state index >= 15 is 0 Å². The maximum atomic E-state index is 11.5. The van der Waals surface area contributed by atoms with Crippen LogP contribution in [0.15, 0.2) is 18.3 Å². The molecule has 1 aliphatic rings. The summed E-state index contributed by atoms with van der Waals surface area (Å²) in [4.78, 5) is 34.2.